The number of aromatic carboxylic acids is 1. The van der Waals surface area contributed by atoms with Crippen LogP contribution in [0.15, 0.2) is 60.7 Å². The minimum atomic E-state index is -1.22. The maximum absolute atomic E-state index is 13.3. The van der Waals surface area contributed by atoms with E-state index in [0.29, 0.717) is 13.0 Å². The van der Waals surface area contributed by atoms with Crippen LogP contribution in [0.2, 0.25) is 0 Å². The lowest BCUT2D eigenvalue weighted by Gasteiger charge is -2.36. The summed E-state index contributed by atoms with van der Waals surface area (Å²) in [5, 5.41) is 14.1. The third kappa shape index (κ3) is 4.17. The van der Waals surface area contributed by atoms with Crippen molar-refractivity contribution in [2.45, 2.75) is 39.0 Å². The quantitative estimate of drug-likeness (QED) is 0.630. The van der Waals surface area contributed by atoms with Gasteiger partial charge in [-0.3, -0.25) is 9.48 Å². The maximum atomic E-state index is 13.3. The lowest BCUT2D eigenvalue weighted by atomic mass is 10.0. The van der Waals surface area contributed by atoms with Crippen molar-refractivity contribution >= 4 is 11.9 Å². The van der Waals surface area contributed by atoms with Crippen molar-refractivity contribution in [2.75, 3.05) is 6.54 Å². The van der Waals surface area contributed by atoms with E-state index in [1.807, 2.05) is 74.5 Å². The number of benzene rings is 2. The highest BCUT2D eigenvalue weighted by Gasteiger charge is 2.39. The van der Waals surface area contributed by atoms with E-state index in [1.54, 1.807) is 9.58 Å². The number of carboxylic acids is 1. The Bertz CT molecular complexity index is 1080. The van der Waals surface area contributed by atoms with E-state index in [9.17, 15) is 14.7 Å². The number of ether oxygens (including phenoxy) is 1. The van der Waals surface area contributed by atoms with Gasteiger partial charge in [-0.1, -0.05) is 60.7 Å². The zero-order valence-corrected chi connectivity index (χ0v) is 17.6. The number of rotatable bonds is 7. The molecule has 2 heterocycles. The molecule has 0 fully saturated rings. The zero-order valence-electron chi connectivity index (χ0n) is 17.6. The molecular formula is C24H25N3O4. The molecule has 2 aromatic carbocycles. The summed E-state index contributed by atoms with van der Waals surface area (Å²) in [6.45, 7) is 4.51. The first-order chi connectivity index (χ1) is 15.0. The number of fused-ring (bicyclic) bond motifs is 1. The van der Waals surface area contributed by atoms with Gasteiger partial charge in [-0.15, -0.1) is 0 Å². The number of carbonyl (C=O) groups excluding carboxylic acids is 1. The standard InChI is InChI=1S/C24H25N3O4/c1-16(2)26-14-19(13-17-9-5-3-6-10-17)27-21(23(26)28)22(20(25-27)24(29)30)31-15-18-11-7-4-8-12-18/h3-12,16,19H,13-15H2,1-2H3,(H,29,30). The van der Waals surface area contributed by atoms with Gasteiger partial charge in [0.05, 0.1) is 6.04 Å². The Morgan fingerprint density at radius 2 is 1.71 bits per heavy atom. The second kappa shape index (κ2) is 8.63. The van der Waals surface area contributed by atoms with Crippen LogP contribution < -0.4 is 4.74 Å². The van der Waals surface area contributed by atoms with Crippen LogP contribution in [-0.4, -0.2) is 44.3 Å². The molecule has 0 aliphatic carbocycles. The molecule has 0 saturated heterocycles. The van der Waals surface area contributed by atoms with Crippen LogP contribution in [0.4, 0.5) is 0 Å². The van der Waals surface area contributed by atoms with Crippen molar-refractivity contribution in [3.8, 4) is 5.75 Å². The molecule has 0 radical (unpaired) electrons. The van der Waals surface area contributed by atoms with Gasteiger partial charge in [0.1, 0.15) is 6.61 Å². The first kappa shape index (κ1) is 20.7. The van der Waals surface area contributed by atoms with Crippen LogP contribution in [0.25, 0.3) is 0 Å². The normalized spacial score (nSPS) is 15.8. The summed E-state index contributed by atoms with van der Waals surface area (Å²) < 4.78 is 7.46. The van der Waals surface area contributed by atoms with Gasteiger partial charge in [0.25, 0.3) is 5.91 Å². The second-order valence-corrected chi connectivity index (χ2v) is 7.95. The van der Waals surface area contributed by atoms with Gasteiger partial charge in [0, 0.05) is 12.6 Å². The molecule has 0 spiro atoms. The van der Waals surface area contributed by atoms with Crippen LogP contribution in [0.1, 0.15) is 52.0 Å². The predicted molar refractivity (Wildman–Crippen MR) is 115 cm³/mol. The average molecular weight is 419 g/mol. The Hall–Kier alpha value is -3.61. The monoisotopic (exact) mass is 419 g/mol. The minimum absolute atomic E-state index is 0.0322. The Balaban J connectivity index is 1.76. The van der Waals surface area contributed by atoms with Crippen LogP contribution in [-0.2, 0) is 13.0 Å². The zero-order chi connectivity index (χ0) is 22.0. The lowest BCUT2D eigenvalue weighted by molar-refractivity contribution is 0.0585. The van der Waals surface area contributed by atoms with Gasteiger partial charge in [-0.25, -0.2) is 4.79 Å². The van der Waals surface area contributed by atoms with Crippen molar-refractivity contribution in [3.05, 3.63) is 83.2 Å². The SMILES string of the molecule is CC(C)N1CC(Cc2ccccc2)n2nc(C(=O)O)c(OCc3ccccc3)c2C1=O. The summed E-state index contributed by atoms with van der Waals surface area (Å²) in [4.78, 5) is 27.0. The molecule has 4 rings (SSSR count). The van der Waals surface area contributed by atoms with E-state index in [1.165, 1.54) is 0 Å². The highest BCUT2D eigenvalue weighted by atomic mass is 16.5. The highest BCUT2D eigenvalue weighted by Crippen LogP contribution is 2.34. The lowest BCUT2D eigenvalue weighted by Crippen LogP contribution is -2.47. The van der Waals surface area contributed by atoms with Crippen LogP contribution in [0.3, 0.4) is 0 Å². The number of nitrogens with zero attached hydrogens (tertiary/aromatic N) is 3. The van der Waals surface area contributed by atoms with Crippen LogP contribution in [0, 0.1) is 0 Å². The third-order valence-corrected chi connectivity index (χ3v) is 5.45. The number of carbonyl (C=O) groups is 2. The molecule has 1 aliphatic rings. The van der Waals surface area contributed by atoms with E-state index in [2.05, 4.69) is 5.10 Å². The third-order valence-electron chi connectivity index (χ3n) is 5.45. The first-order valence-corrected chi connectivity index (χ1v) is 10.3. The fourth-order valence-corrected chi connectivity index (χ4v) is 3.89. The number of amides is 1. The molecule has 31 heavy (non-hydrogen) atoms. The molecular weight excluding hydrogens is 394 g/mol. The average Bonchev–Trinajstić information content (AvgIpc) is 3.16. The summed E-state index contributed by atoms with van der Waals surface area (Å²) >= 11 is 0. The Labute approximate surface area is 180 Å². The van der Waals surface area contributed by atoms with Crippen LogP contribution >= 0.6 is 0 Å². The smallest absolute Gasteiger partial charge is 0.360 e. The summed E-state index contributed by atoms with van der Waals surface area (Å²) in [7, 11) is 0. The molecule has 3 aromatic rings. The molecule has 1 unspecified atom stereocenters. The second-order valence-electron chi connectivity index (χ2n) is 7.95. The summed E-state index contributed by atoms with van der Waals surface area (Å²) in [6, 6.07) is 19.1. The van der Waals surface area contributed by atoms with Gasteiger partial charge < -0.3 is 14.7 Å². The van der Waals surface area contributed by atoms with Crippen molar-refractivity contribution in [3.63, 3.8) is 0 Å². The fourth-order valence-electron chi connectivity index (χ4n) is 3.89. The van der Waals surface area contributed by atoms with Gasteiger partial charge in [-0.2, -0.15) is 5.10 Å². The van der Waals surface area contributed by atoms with E-state index < -0.39 is 5.97 Å². The Morgan fingerprint density at radius 3 is 2.29 bits per heavy atom. The van der Waals surface area contributed by atoms with E-state index >= 15 is 0 Å². The molecule has 0 bridgehead atoms. The van der Waals surface area contributed by atoms with E-state index in [0.717, 1.165) is 11.1 Å². The van der Waals surface area contributed by atoms with Crippen LogP contribution in [0.5, 0.6) is 5.75 Å². The van der Waals surface area contributed by atoms with Gasteiger partial charge in [0.2, 0.25) is 5.69 Å². The van der Waals surface area contributed by atoms with E-state index in [-0.39, 0.29) is 41.7 Å². The molecule has 1 atom stereocenters. The summed E-state index contributed by atoms with van der Waals surface area (Å²) in [6.07, 6.45) is 0.628. The molecule has 160 valence electrons. The van der Waals surface area contributed by atoms with Crippen molar-refractivity contribution in [1.82, 2.24) is 14.7 Å². The van der Waals surface area contributed by atoms with Crippen molar-refractivity contribution in [1.29, 1.82) is 0 Å². The number of hydrogen-bond acceptors (Lipinski definition) is 4. The largest absolute Gasteiger partial charge is 0.484 e. The molecule has 1 aromatic heterocycles. The Morgan fingerprint density at radius 1 is 1.10 bits per heavy atom. The number of aromatic nitrogens is 2. The fraction of sp³-hybridized carbons (Fsp3) is 0.292. The molecule has 1 N–H and O–H groups in total. The highest BCUT2D eigenvalue weighted by molar-refractivity contribution is 6.00. The first-order valence-electron chi connectivity index (χ1n) is 10.3. The molecule has 7 nitrogen and oxygen atoms in total. The van der Waals surface area contributed by atoms with Gasteiger partial charge >= 0.3 is 5.97 Å². The van der Waals surface area contributed by atoms with Crippen molar-refractivity contribution < 1.29 is 19.4 Å². The molecule has 1 aliphatic heterocycles. The van der Waals surface area contributed by atoms with Gasteiger partial charge in [-0.05, 0) is 31.4 Å². The van der Waals surface area contributed by atoms with Crippen molar-refractivity contribution in [2.24, 2.45) is 0 Å². The van der Waals surface area contributed by atoms with Gasteiger partial charge in [0.15, 0.2) is 11.4 Å². The topological polar surface area (TPSA) is 84.7 Å². The summed E-state index contributed by atoms with van der Waals surface area (Å²) in [5.41, 5.74) is 1.94. The molecule has 0 saturated carbocycles. The molecule has 7 heteroatoms. The number of hydrogen-bond donors (Lipinski definition) is 1. The number of carboxylic acid groups (broad SMARTS) is 1. The summed E-state index contributed by atoms with van der Waals surface area (Å²) in [5.74, 6) is -1.44. The van der Waals surface area contributed by atoms with E-state index in [4.69, 9.17) is 4.74 Å². The maximum Gasteiger partial charge on any atom is 0.360 e. The molecule has 1 amide bonds. The predicted octanol–water partition coefficient (Wildman–Crippen LogP) is 3.81. The minimum Gasteiger partial charge on any atom is -0.484 e. The Kier molecular flexibility index (Phi) is 5.75.